The van der Waals surface area contributed by atoms with Gasteiger partial charge in [0.05, 0.1) is 11.2 Å². The van der Waals surface area contributed by atoms with E-state index in [4.69, 9.17) is 15.6 Å². The van der Waals surface area contributed by atoms with E-state index in [2.05, 4.69) is 14.8 Å². The van der Waals surface area contributed by atoms with E-state index in [1.54, 1.807) is 12.1 Å². The van der Waals surface area contributed by atoms with Crippen molar-refractivity contribution in [2.24, 2.45) is 18.7 Å². The van der Waals surface area contributed by atoms with Crippen LogP contribution in [-0.2, 0) is 11.8 Å². The highest BCUT2D eigenvalue weighted by Gasteiger charge is 2.38. The highest BCUT2D eigenvalue weighted by molar-refractivity contribution is 5.96. The van der Waals surface area contributed by atoms with Gasteiger partial charge in [-0.2, -0.15) is 18.3 Å². The van der Waals surface area contributed by atoms with E-state index in [9.17, 15) is 26.7 Å². The maximum atomic E-state index is 14.4. The molecule has 216 valence electrons. The summed E-state index contributed by atoms with van der Waals surface area (Å²) in [7, 11) is 1.86. The predicted molar refractivity (Wildman–Crippen MR) is 141 cm³/mol. The molecule has 0 bridgehead atoms. The summed E-state index contributed by atoms with van der Waals surface area (Å²) >= 11 is 0. The summed E-state index contributed by atoms with van der Waals surface area (Å²) in [5.41, 5.74) is 8.26. The molecule has 3 aromatic heterocycles. The van der Waals surface area contributed by atoms with Gasteiger partial charge in [-0.05, 0) is 68.1 Å². The van der Waals surface area contributed by atoms with Gasteiger partial charge in [0.1, 0.15) is 11.6 Å². The second-order valence-corrected chi connectivity index (χ2v) is 9.96. The Morgan fingerprint density at radius 2 is 1.71 bits per heavy atom. The normalized spacial score (nSPS) is 17.2. The van der Waals surface area contributed by atoms with Crippen LogP contribution in [0, 0.1) is 17.6 Å². The second-order valence-electron chi connectivity index (χ2n) is 9.96. The van der Waals surface area contributed by atoms with Crippen LogP contribution in [0.15, 0.2) is 53.6 Å². The quantitative estimate of drug-likeness (QED) is 0.263. The lowest BCUT2D eigenvalue weighted by Crippen LogP contribution is -2.21. The number of carboxylic acid groups (broad SMARTS) is 1. The van der Waals surface area contributed by atoms with Gasteiger partial charge in [-0.15, -0.1) is 0 Å². The first-order valence-corrected chi connectivity index (χ1v) is 12.6. The maximum absolute atomic E-state index is 14.4. The first-order chi connectivity index (χ1) is 19.4. The number of aromatic amines is 1. The number of benzene rings is 2. The Morgan fingerprint density at radius 1 is 1.07 bits per heavy atom. The number of nitrogens with one attached hydrogen (secondary N) is 1. The molecule has 1 aliphatic rings. The number of nitrogens with two attached hydrogens (primary N) is 1. The molecule has 9 nitrogen and oxygen atoms in total. The van der Waals surface area contributed by atoms with Crippen molar-refractivity contribution in [3.8, 4) is 17.1 Å². The molecule has 0 amide bonds. The third kappa shape index (κ3) is 5.22. The molecule has 1 fully saturated rings. The molecule has 0 unspecified atom stereocenters. The first kappa shape index (κ1) is 28.1. The van der Waals surface area contributed by atoms with Crippen LogP contribution in [0.3, 0.4) is 0 Å². The van der Waals surface area contributed by atoms with E-state index in [1.165, 1.54) is 28.8 Å². The molecule has 4 N–H and O–H groups in total. The number of hydrogen-bond acceptors (Lipinski definition) is 4. The van der Waals surface area contributed by atoms with Crippen LogP contribution in [0.25, 0.3) is 38.9 Å². The number of H-pyrrole nitrogens is 1. The third-order valence-electron chi connectivity index (χ3n) is 7.36. The van der Waals surface area contributed by atoms with E-state index < -0.39 is 17.8 Å². The standard InChI is InChI=1S/C25H24F2N6O.C2HF3O2/c1-31-12-20(18-9-15(26)3-6-21(18)31)24-29-30-25(34)33(24)23-13-32(17-5-2-14(8-17)11-28)22-7-4-16(27)10-19(22)23;3-2(4,5)1(6)7/h3-4,6-7,9-10,12-14,17H,2,5,8,11,28H2,1H3,(H,30,34);(H,6,7)/t14-,17+;/m1./s1. The molecule has 0 radical (unpaired) electrons. The summed E-state index contributed by atoms with van der Waals surface area (Å²) in [6.45, 7) is 0.639. The number of aromatic nitrogens is 5. The summed E-state index contributed by atoms with van der Waals surface area (Å²) < 4.78 is 65.6. The van der Waals surface area contributed by atoms with Crippen molar-refractivity contribution < 1.29 is 31.9 Å². The number of halogens is 5. The van der Waals surface area contributed by atoms with Gasteiger partial charge in [-0.25, -0.2) is 28.0 Å². The van der Waals surface area contributed by atoms with E-state index in [0.717, 1.165) is 30.3 Å². The summed E-state index contributed by atoms with van der Waals surface area (Å²) in [5, 5.41) is 15.2. The zero-order valence-corrected chi connectivity index (χ0v) is 21.6. The number of nitrogens with zero attached hydrogens (tertiary/aromatic N) is 4. The Bertz CT molecular complexity index is 1820. The zero-order valence-electron chi connectivity index (χ0n) is 21.6. The van der Waals surface area contributed by atoms with Crippen LogP contribution in [0.5, 0.6) is 0 Å². The Labute approximate surface area is 228 Å². The molecule has 1 aliphatic carbocycles. The molecular formula is C27H25F5N6O3. The van der Waals surface area contributed by atoms with E-state index in [-0.39, 0.29) is 17.7 Å². The van der Waals surface area contributed by atoms with Crippen LogP contribution >= 0.6 is 0 Å². The maximum Gasteiger partial charge on any atom is 0.490 e. The number of alkyl halides is 3. The minimum Gasteiger partial charge on any atom is -0.475 e. The summed E-state index contributed by atoms with van der Waals surface area (Å²) in [5.74, 6) is -2.73. The van der Waals surface area contributed by atoms with Crippen molar-refractivity contribution in [1.29, 1.82) is 0 Å². The predicted octanol–water partition coefficient (Wildman–Crippen LogP) is 4.89. The lowest BCUT2D eigenvalue weighted by Gasteiger charge is -2.14. The average Bonchev–Trinajstić information content (AvgIpc) is 3.68. The van der Waals surface area contributed by atoms with Crippen LogP contribution < -0.4 is 11.4 Å². The SMILES string of the molecule is Cn1cc(-c2n[nH]c(=O)n2-c2cn([C@H]3CC[C@@H](CN)C3)c3ccc(F)cc23)c2cc(F)ccc21.O=C(O)C(F)(F)F. The fourth-order valence-corrected chi connectivity index (χ4v) is 5.45. The van der Waals surface area contributed by atoms with Crippen molar-refractivity contribution in [3.05, 3.63) is 70.9 Å². The van der Waals surface area contributed by atoms with Gasteiger partial charge in [0, 0.05) is 47.3 Å². The van der Waals surface area contributed by atoms with Crippen molar-refractivity contribution >= 4 is 27.8 Å². The fraction of sp³-hybridized carbons (Fsp3) is 0.296. The molecule has 41 heavy (non-hydrogen) atoms. The van der Waals surface area contributed by atoms with Gasteiger partial charge in [0.15, 0.2) is 5.82 Å². The van der Waals surface area contributed by atoms with Gasteiger partial charge < -0.3 is 20.0 Å². The number of fused-ring (bicyclic) bond motifs is 2. The highest BCUT2D eigenvalue weighted by Crippen LogP contribution is 2.39. The largest absolute Gasteiger partial charge is 0.490 e. The van der Waals surface area contributed by atoms with E-state index in [1.807, 2.05) is 24.0 Å². The molecular weight excluding hydrogens is 551 g/mol. The molecule has 0 saturated heterocycles. The monoisotopic (exact) mass is 576 g/mol. The molecule has 0 spiro atoms. The van der Waals surface area contributed by atoms with Gasteiger partial charge in [0.25, 0.3) is 0 Å². The lowest BCUT2D eigenvalue weighted by atomic mass is 10.1. The van der Waals surface area contributed by atoms with Crippen LogP contribution in [0.1, 0.15) is 25.3 Å². The number of hydrogen-bond donors (Lipinski definition) is 3. The first-order valence-electron chi connectivity index (χ1n) is 12.6. The van der Waals surface area contributed by atoms with Crippen molar-refractivity contribution in [2.45, 2.75) is 31.5 Å². The van der Waals surface area contributed by atoms with E-state index >= 15 is 0 Å². The van der Waals surface area contributed by atoms with E-state index in [0.29, 0.717) is 40.3 Å². The van der Waals surface area contributed by atoms with Gasteiger partial charge in [0.2, 0.25) is 0 Å². The Balaban J connectivity index is 0.000000431. The second kappa shape index (κ2) is 10.5. The molecule has 5 aromatic rings. The van der Waals surface area contributed by atoms with Crippen LogP contribution in [0.4, 0.5) is 22.0 Å². The minimum atomic E-state index is -5.08. The molecule has 2 aromatic carbocycles. The van der Waals surface area contributed by atoms with Crippen molar-refractivity contribution in [1.82, 2.24) is 23.9 Å². The summed E-state index contributed by atoms with van der Waals surface area (Å²) in [6.07, 6.45) is 1.58. The minimum absolute atomic E-state index is 0.216. The topological polar surface area (TPSA) is 124 Å². The van der Waals surface area contributed by atoms with Crippen LogP contribution in [0.2, 0.25) is 0 Å². The lowest BCUT2D eigenvalue weighted by molar-refractivity contribution is -0.192. The third-order valence-corrected chi connectivity index (χ3v) is 7.36. The Morgan fingerprint density at radius 3 is 2.32 bits per heavy atom. The highest BCUT2D eigenvalue weighted by atomic mass is 19.4. The molecule has 0 aliphatic heterocycles. The number of aryl methyl sites for hydroxylation is 1. The van der Waals surface area contributed by atoms with Crippen molar-refractivity contribution in [2.75, 3.05) is 6.54 Å². The van der Waals surface area contributed by atoms with Crippen molar-refractivity contribution in [3.63, 3.8) is 0 Å². The van der Waals surface area contributed by atoms with Crippen LogP contribution in [-0.4, -0.2) is 47.7 Å². The van der Waals surface area contributed by atoms with Gasteiger partial charge in [-0.3, -0.25) is 0 Å². The fourth-order valence-electron chi connectivity index (χ4n) is 5.45. The number of carbonyl (C=O) groups is 1. The summed E-state index contributed by atoms with van der Waals surface area (Å²) in [6, 6.07) is 9.37. The molecule has 6 rings (SSSR count). The average molecular weight is 577 g/mol. The number of aliphatic carboxylic acids is 1. The van der Waals surface area contributed by atoms with Gasteiger partial charge in [-0.1, -0.05) is 0 Å². The summed E-state index contributed by atoms with van der Waals surface area (Å²) in [4.78, 5) is 21.9. The number of carboxylic acids is 1. The molecule has 14 heteroatoms. The molecule has 2 atom stereocenters. The Kier molecular flexibility index (Phi) is 7.19. The number of rotatable bonds is 4. The molecule has 1 saturated carbocycles. The van der Waals surface area contributed by atoms with Gasteiger partial charge >= 0.3 is 17.8 Å². The smallest absolute Gasteiger partial charge is 0.475 e. The Hall–Kier alpha value is -4.46. The zero-order chi connectivity index (χ0) is 29.6. The molecule has 3 heterocycles.